The van der Waals surface area contributed by atoms with Gasteiger partial charge in [0.2, 0.25) is 0 Å². The highest BCUT2D eigenvalue weighted by molar-refractivity contribution is 5.71. The van der Waals surface area contributed by atoms with E-state index >= 15 is 0 Å². The molecule has 1 aromatic rings. The molecule has 7 nitrogen and oxygen atoms in total. The fourth-order valence-corrected chi connectivity index (χ4v) is 1.11. The molecule has 0 spiro atoms. The highest BCUT2D eigenvalue weighted by Crippen LogP contribution is 2.29. The molecule has 0 fully saturated rings. The molecule has 1 aromatic heterocycles. The largest absolute Gasteiger partial charge is 0.575 e. The number of halogens is 4. The molecule has 0 unspecified atom stereocenters. The van der Waals surface area contributed by atoms with Gasteiger partial charge in [-0.1, -0.05) is 0 Å². The second-order valence-corrected chi connectivity index (χ2v) is 3.12. The number of carbonyl (C=O) groups is 1. The Morgan fingerprint density at radius 1 is 1.53 bits per heavy atom. The number of hydrogen-bond acceptors (Lipinski definition) is 5. The summed E-state index contributed by atoms with van der Waals surface area (Å²) in [6.07, 6.45) is -6.45. The molecule has 1 heterocycles. The van der Waals surface area contributed by atoms with Gasteiger partial charge in [-0.2, -0.15) is 0 Å². The molecular weight excluding hydrogens is 280 g/mol. The monoisotopic (exact) mass is 284 g/mol. The van der Waals surface area contributed by atoms with Crippen LogP contribution in [0.15, 0.2) is 6.07 Å². The quantitative estimate of drug-likeness (QED) is 0.512. The number of nitrogens with zero attached hydrogens (tertiary/aromatic N) is 2. The van der Waals surface area contributed by atoms with E-state index in [1.807, 2.05) is 0 Å². The minimum absolute atomic E-state index is 0.210. The Bertz CT molecular complexity index is 531. The molecule has 1 rings (SSSR count). The molecule has 0 amide bonds. The van der Waals surface area contributed by atoms with E-state index in [1.54, 1.807) is 0 Å². The average Bonchev–Trinajstić information content (AvgIpc) is 2.19. The van der Waals surface area contributed by atoms with Crippen molar-refractivity contribution in [3.63, 3.8) is 0 Å². The standard InChI is InChI=1S/C8H4F4N2O5/c9-4-2-5(14(17)18)13-7(19-8(10,11)12)3(4)1-6(15)16/h2H,1H2,(H,15,16). The van der Waals surface area contributed by atoms with Crippen LogP contribution in [0.3, 0.4) is 0 Å². The minimum atomic E-state index is -5.29. The lowest BCUT2D eigenvalue weighted by molar-refractivity contribution is -0.390. The number of aromatic nitrogens is 1. The van der Waals surface area contributed by atoms with Crippen molar-refractivity contribution < 1.29 is 37.1 Å². The Morgan fingerprint density at radius 2 is 2.11 bits per heavy atom. The van der Waals surface area contributed by atoms with E-state index in [9.17, 15) is 32.5 Å². The number of carboxylic acid groups (broad SMARTS) is 1. The lowest BCUT2D eigenvalue weighted by Crippen LogP contribution is -2.20. The van der Waals surface area contributed by atoms with Crippen molar-refractivity contribution in [2.24, 2.45) is 0 Å². The predicted molar refractivity (Wildman–Crippen MR) is 48.9 cm³/mol. The fourth-order valence-electron chi connectivity index (χ4n) is 1.11. The van der Waals surface area contributed by atoms with Crippen molar-refractivity contribution in [2.75, 3.05) is 0 Å². The number of pyridine rings is 1. The van der Waals surface area contributed by atoms with Crippen LogP contribution in [0.2, 0.25) is 0 Å². The first-order chi connectivity index (χ1) is 8.60. The van der Waals surface area contributed by atoms with Gasteiger partial charge in [-0.15, -0.1) is 13.2 Å². The minimum Gasteiger partial charge on any atom is -0.481 e. The first kappa shape index (κ1) is 14.6. The van der Waals surface area contributed by atoms with Gasteiger partial charge < -0.3 is 20.0 Å². The second-order valence-electron chi connectivity index (χ2n) is 3.12. The number of alkyl halides is 3. The summed E-state index contributed by atoms with van der Waals surface area (Å²) < 4.78 is 52.7. The molecule has 104 valence electrons. The van der Waals surface area contributed by atoms with Gasteiger partial charge >= 0.3 is 24.0 Å². The number of rotatable bonds is 4. The van der Waals surface area contributed by atoms with Crippen LogP contribution in [0.4, 0.5) is 23.4 Å². The lowest BCUT2D eigenvalue weighted by atomic mass is 10.2. The summed E-state index contributed by atoms with van der Waals surface area (Å²) in [6, 6.07) is 0.210. The van der Waals surface area contributed by atoms with Crippen molar-refractivity contribution in [3.05, 3.63) is 27.6 Å². The summed E-state index contributed by atoms with van der Waals surface area (Å²) in [7, 11) is 0. The molecule has 1 N–H and O–H groups in total. The molecule has 0 aromatic carbocycles. The van der Waals surface area contributed by atoms with E-state index in [-0.39, 0.29) is 6.07 Å². The molecule has 0 atom stereocenters. The second kappa shape index (κ2) is 5.04. The van der Waals surface area contributed by atoms with Gasteiger partial charge in [0.25, 0.3) is 0 Å². The summed E-state index contributed by atoms with van der Waals surface area (Å²) in [4.78, 5) is 22.3. The molecule has 0 aliphatic carbocycles. The molecule has 0 saturated carbocycles. The van der Waals surface area contributed by atoms with Crippen molar-refractivity contribution in [2.45, 2.75) is 12.8 Å². The van der Waals surface area contributed by atoms with E-state index in [0.29, 0.717) is 0 Å². The first-order valence-corrected chi connectivity index (χ1v) is 4.41. The first-order valence-electron chi connectivity index (χ1n) is 4.41. The van der Waals surface area contributed by atoms with Crippen LogP contribution >= 0.6 is 0 Å². The van der Waals surface area contributed by atoms with Gasteiger partial charge in [0, 0.05) is 4.98 Å². The van der Waals surface area contributed by atoms with E-state index < -0.39 is 46.8 Å². The van der Waals surface area contributed by atoms with Crippen LogP contribution in [-0.2, 0) is 11.2 Å². The van der Waals surface area contributed by atoms with Crippen LogP contribution < -0.4 is 4.74 Å². The predicted octanol–water partition coefficient (Wildman–Crippen LogP) is 1.65. The van der Waals surface area contributed by atoms with E-state index in [4.69, 9.17) is 5.11 Å². The Balaban J connectivity index is 3.35. The molecule has 19 heavy (non-hydrogen) atoms. The summed E-state index contributed by atoms with van der Waals surface area (Å²) in [5.74, 6) is -5.91. The normalized spacial score (nSPS) is 11.2. The maximum atomic E-state index is 13.4. The zero-order chi connectivity index (χ0) is 14.8. The third-order valence-corrected chi connectivity index (χ3v) is 1.75. The van der Waals surface area contributed by atoms with Gasteiger partial charge in [0.05, 0.1) is 18.1 Å². The molecular formula is C8H4F4N2O5. The van der Waals surface area contributed by atoms with Crippen LogP contribution in [0.1, 0.15) is 5.56 Å². The lowest BCUT2D eigenvalue weighted by Gasteiger charge is -2.08. The Labute approximate surface area is 101 Å². The fraction of sp³-hybridized carbons (Fsp3) is 0.250. The molecule has 0 radical (unpaired) electrons. The van der Waals surface area contributed by atoms with Gasteiger partial charge in [0.1, 0.15) is 5.82 Å². The Kier molecular flexibility index (Phi) is 3.87. The maximum Gasteiger partial charge on any atom is 0.575 e. The van der Waals surface area contributed by atoms with E-state index in [2.05, 4.69) is 9.72 Å². The number of ether oxygens (including phenoxy) is 1. The van der Waals surface area contributed by atoms with Gasteiger partial charge in [-0.05, 0) is 4.92 Å². The van der Waals surface area contributed by atoms with Gasteiger partial charge in [-0.25, -0.2) is 4.39 Å². The third-order valence-electron chi connectivity index (χ3n) is 1.75. The van der Waals surface area contributed by atoms with Crippen molar-refractivity contribution >= 4 is 11.8 Å². The van der Waals surface area contributed by atoms with Gasteiger partial charge in [-0.3, -0.25) is 4.79 Å². The van der Waals surface area contributed by atoms with E-state index in [1.165, 1.54) is 0 Å². The van der Waals surface area contributed by atoms with Crippen LogP contribution in [0.5, 0.6) is 5.88 Å². The topological polar surface area (TPSA) is 103 Å². The van der Waals surface area contributed by atoms with Crippen LogP contribution in [0.25, 0.3) is 0 Å². The van der Waals surface area contributed by atoms with Crippen molar-refractivity contribution in [1.29, 1.82) is 0 Å². The highest BCUT2D eigenvalue weighted by Gasteiger charge is 2.37. The summed E-state index contributed by atoms with van der Waals surface area (Å²) >= 11 is 0. The van der Waals surface area contributed by atoms with Gasteiger partial charge in [0.15, 0.2) is 0 Å². The highest BCUT2D eigenvalue weighted by atomic mass is 19.4. The average molecular weight is 284 g/mol. The number of carboxylic acids is 1. The molecule has 0 bridgehead atoms. The zero-order valence-electron chi connectivity index (χ0n) is 8.77. The molecule has 0 aliphatic heterocycles. The summed E-state index contributed by atoms with van der Waals surface area (Å²) in [6.45, 7) is 0. The van der Waals surface area contributed by atoms with E-state index in [0.717, 1.165) is 0 Å². The third kappa shape index (κ3) is 4.04. The SMILES string of the molecule is O=C(O)Cc1c(F)cc([N+](=O)[O-])nc1OC(F)(F)F. The molecule has 0 saturated heterocycles. The molecule has 11 heteroatoms. The Morgan fingerprint density at radius 3 is 2.53 bits per heavy atom. The van der Waals surface area contributed by atoms with Crippen molar-refractivity contribution in [3.8, 4) is 5.88 Å². The summed E-state index contributed by atoms with van der Waals surface area (Å²) in [5, 5.41) is 18.8. The van der Waals surface area contributed by atoms with Crippen molar-refractivity contribution in [1.82, 2.24) is 4.98 Å². The number of nitro groups is 1. The number of aliphatic carboxylic acids is 1. The summed E-state index contributed by atoms with van der Waals surface area (Å²) in [5.41, 5.74) is -1.03. The van der Waals surface area contributed by atoms with Crippen LogP contribution in [0, 0.1) is 15.9 Å². The molecule has 0 aliphatic rings. The zero-order valence-corrected chi connectivity index (χ0v) is 8.77. The maximum absolute atomic E-state index is 13.4. The van der Waals surface area contributed by atoms with Crippen LogP contribution in [-0.4, -0.2) is 27.3 Å². The number of hydrogen-bond donors (Lipinski definition) is 1. The Hall–Kier alpha value is -2.46. The smallest absolute Gasteiger partial charge is 0.481 e.